The van der Waals surface area contributed by atoms with Gasteiger partial charge in [0.25, 0.3) is 0 Å². The van der Waals surface area contributed by atoms with Crippen LogP contribution in [-0.4, -0.2) is 16.1 Å². The Morgan fingerprint density at radius 3 is 2.40 bits per heavy atom. The molecule has 0 amide bonds. The van der Waals surface area contributed by atoms with Crippen molar-refractivity contribution in [3.63, 3.8) is 0 Å². The van der Waals surface area contributed by atoms with Gasteiger partial charge in [0.15, 0.2) is 0 Å². The second-order valence-electron chi connectivity index (χ2n) is 2.79. The van der Waals surface area contributed by atoms with E-state index in [1.807, 2.05) is 0 Å². The van der Waals surface area contributed by atoms with E-state index in [1.54, 1.807) is 0 Å². The normalized spacial score (nSPS) is 13.6. The number of halogens is 3. The maximum Gasteiger partial charge on any atom is 0.433 e. The van der Waals surface area contributed by atoms with Crippen LogP contribution in [0, 0.1) is 0 Å². The van der Waals surface area contributed by atoms with Gasteiger partial charge in [-0.25, -0.2) is 0 Å². The van der Waals surface area contributed by atoms with E-state index in [4.69, 9.17) is 10.8 Å². The summed E-state index contributed by atoms with van der Waals surface area (Å²) in [6, 6.07) is 0.326. The maximum atomic E-state index is 12.1. The van der Waals surface area contributed by atoms with Gasteiger partial charge in [-0.05, 0) is 11.6 Å². The number of pyridine rings is 1. The van der Waals surface area contributed by atoms with Gasteiger partial charge in [-0.1, -0.05) is 6.07 Å². The lowest BCUT2D eigenvalue weighted by atomic mass is 10.1. The molecule has 0 aromatic carbocycles. The first-order chi connectivity index (χ1) is 6.82. The van der Waals surface area contributed by atoms with Gasteiger partial charge in [0.05, 0.1) is 0 Å². The molecule has 15 heavy (non-hydrogen) atoms. The summed E-state index contributed by atoms with van der Waals surface area (Å²) >= 11 is 0. The Bertz CT molecular complexity index is 361. The van der Waals surface area contributed by atoms with E-state index >= 15 is 0 Å². The summed E-state index contributed by atoms with van der Waals surface area (Å²) in [6.07, 6.45) is -3.73. The first-order valence-corrected chi connectivity index (χ1v) is 3.84. The monoisotopic (exact) mass is 220 g/mol. The van der Waals surface area contributed by atoms with Crippen LogP contribution >= 0.6 is 0 Å². The predicted octanol–water partition coefficient (Wildman–Crippen LogP) is 1.18. The minimum atomic E-state index is -4.54. The zero-order valence-corrected chi connectivity index (χ0v) is 7.32. The van der Waals surface area contributed by atoms with Crippen molar-refractivity contribution in [1.29, 1.82) is 0 Å². The fraction of sp³-hybridized carbons (Fsp3) is 0.250. The highest BCUT2D eigenvalue weighted by Crippen LogP contribution is 2.27. The zero-order valence-electron chi connectivity index (χ0n) is 7.32. The Labute approximate surface area is 82.5 Å². The van der Waals surface area contributed by atoms with E-state index in [1.165, 1.54) is 0 Å². The van der Waals surface area contributed by atoms with Gasteiger partial charge < -0.3 is 10.8 Å². The molecule has 3 N–H and O–H groups in total. The lowest BCUT2D eigenvalue weighted by molar-refractivity contribution is -0.141. The number of nitrogens with two attached hydrogens (primary N) is 1. The van der Waals surface area contributed by atoms with Crippen LogP contribution in [0.15, 0.2) is 18.3 Å². The van der Waals surface area contributed by atoms with Gasteiger partial charge in [-0.3, -0.25) is 9.78 Å². The largest absolute Gasteiger partial charge is 0.480 e. The van der Waals surface area contributed by atoms with E-state index in [-0.39, 0.29) is 5.56 Å². The average Bonchev–Trinajstić information content (AvgIpc) is 2.15. The standard InChI is InChI=1S/C8H7F3N2O2/c9-8(10,11)5-2-1-4(3-13-5)6(12)7(14)15/h1-3,6H,12H2,(H,14,15). The molecule has 0 saturated heterocycles. The van der Waals surface area contributed by atoms with Crippen LogP contribution in [0.3, 0.4) is 0 Å². The van der Waals surface area contributed by atoms with Gasteiger partial charge in [0, 0.05) is 6.20 Å². The summed E-state index contributed by atoms with van der Waals surface area (Å²) < 4.78 is 36.2. The molecule has 0 radical (unpaired) electrons. The number of nitrogens with zero attached hydrogens (tertiary/aromatic N) is 1. The van der Waals surface area contributed by atoms with Crippen LogP contribution in [0.1, 0.15) is 17.3 Å². The minimum absolute atomic E-state index is 0.0236. The number of carboxylic acid groups (broad SMARTS) is 1. The first-order valence-electron chi connectivity index (χ1n) is 3.84. The van der Waals surface area contributed by atoms with Gasteiger partial charge in [0.2, 0.25) is 0 Å². The highest BCUT2D eigenvalue weighted by Gasteiger charge is 2.32. The Morgan fingerprint density at radius 1 is 1.47 bits per heavy atom. The lowest BCUT2D eigenvalue weighted by Crippen LogP contribution is -2.21. The van der Waals surface area contributed by atoms with Crippen molar-refractivity contribution in [2.75, 3.05) is 0 Å². The predicted molar refractivity (Wildman–Crippen MR) is 43.8 cm³/mol. The third kappa shape index (κ3) is 2.66. The van der Waals surface area contributed by atoms with Gasteiger partial charge >= 0.3 is 12.1 Å². The summed E-state index contributed by atoms with van der Waals surface area (Å²) in [6.45, 7) is 0. The Hall–Kier alpha value is -1.63. The van der Waals surface area contributed by atoms with E-state index < -0.39 is 23.9 Å². The molecule has 1 rings (SSSR count). The van der Waals surface area contributed by atoms with Crippen LogP contribution < -0.4 is 5.73 Å². The number of carbonyl (C=O) groups is 1. The zero-order chi connectivity index (χ0) is 11.6. The second kappa shape index (κ2) is 3.85. The fourth-order valence-corrected chi connectivity index (χ4v) is 0.900. The van der Waals surface area contributed by atoms with Gasteiger partial charge in [-0.2, -0.15) is 13.2 Å². The lowest BCUT2D eigenvalue weighted by Gasteiger charge is -2.08. The molecule has 1 aromatic rings. The van der Waals surface area contributed by atoms with Crippen LogP contribution in [0.5, 0.6) is 0 Å². The summed E-state index contributed by atoms with van der Waals surface area (Å²) in [7, 11) is 0. The smallest absolute Gasteiger partial charge is 0.433 e. The first kappa shape index (κ1) is 11.4. The summed E-state index contributed by atoms with van der Waals surface area (Å²) in [5, 5.41) is 8.49. The van der Waals surface area contributed by atoms with E-state index in [0.717, 1.165) is 12.3 Å². The number of hydrogen-bond donors (Lipinski definition) is 2. The highest BCUT2D eigenvalue weighted by atomic mass is 19.4. The number of aliphatic carboxylic acids is 1. The molecule has 0 spiro atoms. The van der Waals surface area contributed by atoms with Crippen LogP contribution in [-0.2, 0) is 11.0 Å². The van der Waals surface area contributed by atoms with Crippen molar-refractivity contribution in [2.24, 2.45) is 5.73 Å². The van der Waals surface area contributed by atoms with Crippen molar-refractivity contribution in [3.8, 4) is 0 Å². The van der Waals surface area contributed by atoms with Crippen molar-refractivity contribution in [2.45, 2.75) is 12.2 Å². The number of alkyl halides is 3. The molecule has 1 atom stereocenters. The quantitative estimate of drug-likeness (QED) is 0.784. The van der Waals surface area contributed by atoms with Crippen LogP contribution in [0.4, 0.5) is 13.2 Å². The molecule has 0 aliphatic rings. The summed E-state index contributed by atoms with van der Waals surface area (Å²) in [5.41, 5.74) is 4.12. The number of hydrogen-bond acceptors (Lipinski definition) is 3. The van der Waals surface area contributed by atoms with Crippen molar-refractivity contribution in [1.82, 2.24) is 4.98 Å². The highest BCUT2D eigenvalue weighted by molar-refractivity contribution is 5.74. The van der Waals surface area contributed by atoms with Crippen LogP contribution in [0.25, 0.3) is 0 Å². The molecule has 1 aromatic heterocycles. The van der Waals surface area contributed by atoms with E-state index in [9.17, 15) is 18.0 Å². The molecule has 4 nitrogen and oxygen atoms in total. The molecule has 0 fully saturated rings. The van der Waals surface area contributed by atoms with Gasteiger partial charge in [0.1, 0.15) is 11.7 Å². The molecule has 82 valence electrons. The topological polar surface area (TPSA) is 76.2 Å². The summed E-state index contributed by atoms with van der Waals surface area (Å²) in [5.74, 6) is -1.32. The molecular formula is C8H7F3N2O2. The Kier molecular flexibility index (Phi) is 2.94. The van der Waals surface area contributed by atoms with Crippen molar-refractivity contribution >= 4 is 5.97 Å². The van der Waals surface area contributed by atoms with Crippen molar-refractivity contribution < 1.29 is 23.1 Å². The molecule has 1 heterocycles. The number of aromatic nitrogens is 1. The minimum Gasteiger partial charge on any atom is -0.480 e. The maximum absolute atomic E-state index is 12.1. The average molecular weight is 220 g/mol. The fourth-order valence-electron chi connectivity index (χ4n) is 0.900. The molecule has 0 saturated carbocycles. The van der Waals surface area contributed by atoms with Crippen molar-refractivity contribution in [3.05, 3.63) is 29.6 Å². The van der Waals surface area contributed by atoms with E-state index in [2.05, 4.69) is 4.98 Å². The molecule has 1 unspecified atom stereocenters. The third-order valence-corrected chi connectivity index (χ3v) is 1.70. The molecule has 0 bridgehead atoms. The molecule has 0 aliphatic heterocycles. The molecule has 7 heteroatoms. The molecule has 0 aliphatic carbocycles. The van der Waals surface area contributed by atoms with Gasteiger partial charge in [-0.15, -0.1) is 0 Å². The molecular weight excluding hydrogens is 213 g/mol. The third-order valence-electron chi connectivity index (χ3n) is 1.70. The Balaban J connectivity index is 2.95. The number of rotatable bonds is 2. The number of carboxylic acids is 1. The SMILES string of the molecule is NC(C(=O)O)c1ccc(C(F)(F)F)nc1. The Morgan fingerprint density at radius 2 is 2.07 bits per heavy atom. The van der Waals surface area contributed by atoms with E-state index in [0.29, 0.717) is 6.07 Å². The second-order valence-corrected chi connectivity index (χ2v) is 2.79. The summed E-state index contributed by atoms with van der Waals surface area (Å²) in [4.78, 5) is 13.5. The van der Waals surface area contributed by atoms with Crippen LogP contribution in [0.2, 0.25) is 0 Å².